The number of aliphatic carboxylic acids is 1. The number of Topliss-reactive ketones (excluding diaryl/α,β-unsaturated/α-hetero) is 1. The molecule has 0 spiro atoms. The number of hydrogen-bond donors (Lipinski definition) is 2. The van der Waals surface area contributed by atoms with E-state index in [1.54, 1.807) is 19.2 Å². The van der Waals surface area contributed by atoms with Gasteiger partial charge in [-0.15, -0.1) is 0 Å². The molecule has 14 heteroatoms. The summed E-state index contributed by atoms with van der Waals surface area (Å²) in [6.45, 7) is 9.22. The molecule has 0 amide bonds. The Hall–Kier alpha value is -4.20. The van der Waals surface area contributed by atoms with E-state index in [1.165, 1.54) is 4.57 Å². The molecule has 11 nitrogen and oxygen atoms in total. The number of rotatable bonds is 6. The van der Waals surface area contributed by atoms with E-state index in [0.29, 0.717) is 29.2 Å². The molecule has 216 valence electrons. The highest BCUT2D eigenvalue weighted by molar-refractivity contribution is 5.96. The van der Waals surface area contributed by atoms with Crippen molar-refractivity contribution in [2.45, 2.75) is 40.0 Å². The number of aromatic nitrogens is 4. The maximum Gasteiger partial charge on any atom is 0.490 e. The minimum Gasteiger partial charge on any atom is -0.475 e. The Balaban J connectivity index is 0.000000559. The second-order valence-electron chi connectivity index (χ2n) is 9.54. The van der Waals surface area contributed by atoms with Gasteiger partial charge >= 0.3 is 17.8 Å². The van der Waals surface area contributed by atoms with Crippen LogP contribution in [-0.2, 0) is 24.9 Å². The van der Waals surface area contributed by atoms with Gasteiger partial charge in [-0.1, -0.05) is 41.5 Å². The van der Waals surface area contributed by atoms with Crippen molar-refractivity contribution in [2.24, 2.45) is 7.05 Å². The lowest BCUT2D eigenvalue weighted by molar-refractivity contribution is -0.192. The van der Waals surface area contributed by atoms with Crippen LogP contribution in [0.25, 0.3) is 11.2 Å². The van der Waals surface area contributed by atoms with Crippen LogP contribution in [0, 0.1) is 6.92 Å². The molecule has 4 rings (SSSR count). The van der Waals surface area contributed by atoms with Crippen molar-refractivity contribution in [3.8, 4) is 0 Å². The molecule has 1 fully saturated rings. The number of benzene rings is 1. The van der Waals surface area contributed by atoms with E-state index in [0.717, 1.165) is 41.9 Å². The fraction of sp³-hybridized carbons (Fsp3) is 0.423. The fourth-order valence-electron chi connectivity index (χ4n) is 4.03. The van der Waals surface area contributed by atoms with Gasteiger partial charge in [0.15, 0.2) is 16.9 Å². The van der Waals surface area contributed by atoms with Gasteiger partial charge < -0.3 is 19.9 Å². The summed E-state index contributed by atoms with van der Waals surface area (Å²) >= 11 is 0. The molecule has 1 aliphatic heterocycles. The third-order valence-electron chi connectivity index (χ3n) is 6.21. The average molecular weight is 565 g/mol. The lowest BCUT2D eigenvalue weighted by Gasteiger charge is -2.28. The number of alkyl halides is 3. The molecule has 2 aromatic heterocycles. The molecule has 0 bridgehead atoms. The highest BCUT2D eigenvalue weighted by Crippen LogP contribution is 2.21. The van der Waals surface area contributed by atoms with Gasteiger partial charge in [0.1, 0.15) is 0 Å². The van der Waals surface area contributed by atoms with Crippen LogP contribution in [-0.4, -0.2) is 67.9 Å². The molecular formula is C26H31F3N6O5. The topological polar surface area (TPSA) is 131 Å². The number of carbonyl (C=O) groups excluding carboxylic acids is 1. The van der Waals surface area contributed by atoms with Crippen molar-refractivity contribution in [3.05, 3.63) is 67.9 Å². The number of nitrogens with zero attached hydrogens (tertiary/aromatic N) is 5. The molecule has 40 heavy (non-hydrogen) atoms. The van der Waals surface area contributed by atoms with Crippen LogP contribution in [0.2, 0.25) is 0 Å². The van der Waals surface area contributed by atoms with E-state index in [4.69, 9.17) is 14.9 Å². The number of piperazine rings is 1. The lowest BCUT2D eigenvalue weighted by Crippen LogP contribution is -2.44. The largest absolute Gasteiger partial charge is 0.490 e. The van der Waals surface area contributed by atoms with Crippen molar-refractivity contribution in [1.29, 1.82) is 0 Å². The monoisotopic (exact) mass is 564 g/mol. The first-order valence-electron chi connectivity index (χ1n) is 12.4. The highest BCUT2D eigenvalue weighted by atomic mass is 19.4. The Kier molecular flexibility index (Phi) is 9.35. The van der Waals surface area contributed by atoms with Crippen LogP contribution >= 0.6 is 0 Å². The predicted molar refractivity (Wildman–Crippen MR) is 143 cm³/mol. The van der Waals surface area contributed by atoms with Crippen LogP contribution in [0.5, 0.6) is 0 Å². The standard InChI is InChI=1S/C24H30N6O3.C2HF3O2/c1-16(2)9-12-29-20-21(26-23(29)28-13-10-25-11-14-28)27(4)24(33)30(22(20)32)15-19(31)18-7-5-17(3)6-8-18;3-2(4,5)1(6)7/h5-9,25H,10-15H2,1-4H3;(H,6,7). The summed E-state index contributed by atoms with van der Waals surface area (Å²) in [7, 11) is 1.59. The fourth-order valence-corrected chi connectivity index (χ4v) is 4.03. The normalized spacial score (nSPS) is 13.5. The Morgan fingerprint density at radius 2 is 1.65 bits per heavy atom. The van der Waals surface area contributed by atoms with Gasteiger partial charge in [0.05, 0.1) is 6.54 Å². The maximum atomic E-state index is 13.6. The summed E-state index contributed by atoms with van der Waals surface area (Å²) in [5.74, 6) is -2.38. The number of halogens is 3. The summed E-state index contributed by atoms with van der Waals surface area (Å²) in [6, 6.07) is 7.11. The van der Waals surface area contributed by atoms with Crippen molar-refractivity contribution in [2.75, 3.05) is 31.1 Å². The summed E-state index contributed by atoms with van der Waals surface area (Å²) in [6.07, 6.45) is -3.06. The number of imidazole rings is 1. The van der Waals surface area contributed by atoms with Gasteiger partial charge in [-0.25, -0.2) is 9.59 Å². The van der Waals surface area contributed by atoms with Crippen molar-refractivity contribution in [1.82, 2.24) is 24.0 Å². The molecule has 0 aliphatic carbocycles. The Morgan fingerprint density at radius 3 is 2.17 bits per heavy atom. The van der Waals surface area contributed by atoms with Crippen LogP contribution in [0.1, 0.15) is 29.8 Å². The van der Waals surface area contributed by atoms with E-state index in [2.05, 4.69) is 10.2 Å². The van der Waals surface area contributed by atoms with Gasteiger partial charge in [0, 0.05) is 45.3 Å². The first-order valence-corrected chi connectivity index (χ1v) is 12.4. The SMILES string of the molecule is CC(C)=CCn1c(N2CCNCC2)nc2c1c(=O)n(CC(=O)c1ccc(C)cc1)c(=O)n2C.O=C(O)C(F)(F)F. The maximum absolute atomic E-state index is 13.6. The van der Waals surface area contributed by atoms with Crippen LogP contribution in [0.4, 0.5) is 19.1 Å². The molecule has 3 heterocycles. The number of fused-ring (bicyclic) bond motifs is 1. The van der Waals surface area contributed by atoms with Gasteiger partial charge in [0.25, 0.3) is 5.56 Å². The smallest absolute Gasteiger partial charge is 0.475 e. The number of hydrogen-bond acceptors (Lipinski definition) is 7. The van der Waals surface area contributed by atoms with Crippen LogP contribution in [0.15, 0.2) is 45.5 Å². The minimum atomic E-state index is -5.08. The first kappa shape index (κ1) is 30.3. The zero-order valence-corrected chi connectivity index (χ0v) is 22.6. The number of anilines is 1. The van der Waals surface area contributed by atoms with Crippen LogP contribution in [0.3, 0.4) is 0 Å². The second-order valence-corrected chi connectivity index (χ2v) is 9.54. The summed E-state index contributed by atoms with van der Waals surface area (Å²) < 4.78 is 36.0. The molecular weight excluding hydrogens is 533 g/mol. The Bertz CT molecular complexity index is 1540. The highest BCUT2D eigenvalue weighted by Gasteiger charge is 2.38. The summed E-state index contributed by atoms with van der Waals surface area (Å²) in [5.41, 5.74) is 2.23. The molecule has 0 radical (unpaired) electrons. The van der Waals surface area contributed by atoms with E-state index < -0.39 is 23.4 Å². The van der Waals surface area contributed by atoms with Crippen molar-refractivity contribution < 1.29 is 27.9 Å². The number of carboxylic acid groups (broad SMARTS) is 1. The van der Waals surface area contributed by atoms with Gasteiger partial charge in [-0.05, 0) is 20.8 Å². The number of carboxylic acids is 1. The molecule has 3 aromatic rings. The number of allylic oxidation sites excluding steroid dienone is 2. The predicted octanol–water partition coefficient (Wildman–Crippen LogP) is 2.10. The molecule has 1 aromatic carbocycles. The Morgan fingerprint density at radius 1 is 1.07 bits per heavy atom. The van der Waals surface area contributed by atoms with E-state index in [1.807, 2.05) is 43.5 Å². The molecule has 2 N–H and O–H groups in total. The molecule has 1 aliphatic rings. The first-order chi connectivity index (χ1) is 18.7. The third-order valence-corrected chi connectivity index (χ3v) is 6.21. The number of nitrogens with one attached hydrogen (secondary N) is 1. The zero-order valence-electron chi connectivity index (χ0n) is 22.6. The van der Waals surface area contributed by atoms with E-state index in [-0.39, 0.29) is 12.3 Å². The zero-order chi connectivity index (χ0) is 29.8. The van der Waals surface area contributed by atoms with Gasteiger partial charge in [-0.2, -0.15) is 18.2 Å². The second kappa shape index (κ2) is 12.3. The summed E-state index contributed by atoms with van der Waals surface area (Å²) in [5, 5.41) is 10.4. The quantitative estimate of drug-likeness (QED) is 0.344. The number of carbonyl (C=O) groups is 2. The molecule has 0 saturated carbocycles. The van der Waals surface area contributed by atoms with Crippen molar-refractivity contribution >= 4 is 28.9 Å². The van der Waals surface area contributed by atoms with E-state index >= 15 is 0 Å². The number of ketones is 1. The molecule has 0 atom stereocenters. The average Bonchev–Trinajstić information content (AvgIpc) is 3.29. The third kappa shape index (κ3) is 6.86. The van der Waals surface area contributed by atoms with E-state index in [9.17, 15) is 27.6 Å². The molecule has 0 unspecified atom stereocenters. The lowest BCUT2D eigenvalue weighted by atomic mass is 10.1. The van der Waals surface area contributed by atoms with Gasteiger partial charge in [0.2, 0.25) is 5.95 Å². The van der Waals surface area contributed by atoms with Gasteiger partial charge in [-0.3, -0.25) is 18.7 Å². The Labute approximate surface area is 227 Å². The summed E-state index contributed by atoms with van der Waals surface area (Å²) in [4.78, 5) is 55.3. The number of aryl methyl sites for hydroxylation is 2. The van der Waals surface area contributed by atoms with Crippen molar-refractivity contribution in [3.63, 3.8) is 0 Å². The molecule has 1 saturated heterocycles. The minimum absolute atomic E-state index is 0.286. The van der Waals surface area contributed by atoms with Crippen LogP contribution < -0.4 is 21.5 Å².